The molecular weight excluding hydrogens is 236 g/mol. The minimum absolute atomic E-state index is 0.537. The molecule has 1 aromatic carbocycles. The van der Waals surface area contributed by atoms with Gasteiger partial charge in [-0.2, -0.15) is 9.99 Å². The van der Waals surface area contributed by atoms with Gasteiger partial charge in [0.2, 0.25) is 0 Å². The number of unbranched alkanes of at least 4 members (excludes halogenated alkanes) is 2. The highest BCUT2D eigenvalue weighted by molar-refractivity contribution is 5.64. The molecule has 1 heterocycles. The van der Waals surface area contributed by atoms with E-state index in [2.05, 4.69) is 13.0 Å². The summed E-state index contributed by atoms with van der Waals surface area (Å²) >= 11 is 0. The molecule has 2 aromatic rings. The van der Waals surface area contributed by atoms with Gasteiger partial charge in [0, 0.05) is 5.56 Å². The third-order valence-electron chi connectivity index (χ3n) is 2.99. The molecular formula is C16H18N2O. The van der Waals surface area contributed by atoms with Gasteiger partial charge in [-0.3, -0.25) is 0 Å². The summed E-state index contributed by atoms with van der Waals surface area (Å²) in [7, 11) is 0. The van der Waals surface area contributed by atoms with Gasteiger partial charge in [-0.25, -0.2) is 0 Å². The number of benzene rings is 1. The van der Waals surface area contributed by atoms with E-state index >= 15 is 0 Å². The summed E-state index contributed by atoms with van der Waals surface area (Å²) in [6.07, 6.45) is 5.20. The number of aromatic nitrogens is 1. The lowest BCUT2D eigenvalue weighted by molar-refractivity contribution is 0.106. The van der Waals surface area contributed by atoms with Crippen molar-refractivity contribution in [2.24, 2.45) is 0 Å². The highest BCUT2D eigenvalue weighted by Gasteiger charge is 2.07. The maximum absolute atomic E-state index is 9.13. The predicted octanol–water partition coefficient (Wildman–Crippen LogP) is 3.65. The summed E-state index contributed by atoms with van der Waals surface area (Å²) in [4.78, 5) is 5.63. The first-order valence-electron chi connectivity index (χ1n) is 6.66. The Morgan fingerprint density at radius 1 is 1.16 bits per heavy atom. The second-order valence-corrected chi connectivity index (χ2v) is 4.46. The fraction of sp³-hybridized carbons (Fsp3) is 0.312. The van der Waals surface area contributed by atoms with Crippen LogP contribution in [-0.2, 0) is 0 Å². The zero-order valence-corrected chi connectivity index (χ0v) is 11.2. The highest BCUT2D eigenvalue weighted by atomic mass is 16.7. The van der Waals surface area contributed by atoms with E-state index in [0.717, 1.165) is 30.4 Å². The summed E-state index contributed by atoms with van der Waals surface area (Å²) in [6.45, 7) is 2.80. The van der Waals surface area contributed by atoms with Crippen LogP contribution in [0.25, 0.3) is 11.1 Å². The molecule has 98 valence electrons. The van der Waals surface area contributed by atoms with Crippen molar-refractivity contribution >= 4 is 0 Å². The predicted molar refractivity (Wildman–Crippen MR) is 75.6 cm³/mol. The number of hydrogen-bond acceptors (Lipinski definition) is 2. The van der Waals surface area contributed by atoms with E-state index in [1.165, 1.54) is 0 Å². The number of nitrogens with zero attached hydrogens (tertiary/aromatic N) is 2. The van der Waals surface area contributed by atoms with Crippen LogP contribution in [0.2, 0.25) is 0 Å². The smallest absolute Gasteiger partial charge is 0.157 e. The third kappa shape index (κ3) is 3.38. The average Bonchev–Trinajstić information content (AvgIpc) is 2.88. The summed E-state index contributed by atoms with van der Waals surface area (Å²) in [5.41, 5.74) is 2.64. The molecule has 19 heavy (non-hydrogen) atoms. The van der Waals surface area contributed by atoms with Crippen LogP contribution in [0.5, 0.6) is 0 Å². The van der Waals surface area contributed by atoms with Gasteiger partial charge in [0.05, 0.1) is 6.20 Å². The number of rotatable bonds is 6. The Balaban J connectivity index is 2.12. The molecule has 0 amide bonds. The van der Waals surface area contributed by atoms with Crippen molar-refractivity contribution < 1.29 is 4.84 Å². The monoisotopic (exact) mass is 254 g/mol. The van der Waals surface area contributed by atoms with Gasteiger partial charge < -0.3 is 4.84 Å². The lowest BCUT2D eigenvalue weighted by Crippen LogP contribution is -2.13. The normalized spacial score (nSPS) is 10.1. The second kappa shape index (κ2) is 6.65. The Kier molecular flexibility index (Phi) is 4.63. The van der Waals surface area contributed by atoms with E-state index in [4.69, 9.17) is 10.1 Å². The number of hydrogen-bond donors (Lipinski definition) is 0. The molecule has 0 aliphatic rings. The van der Waals surface area contributed by atoms with Crippen molar-refractivity contribution in [3.8, 4) is 17.2 Å². The first kappa shape index (κ1) is 13.2. The molecule has 3 heteroatoms. The molecule has 0 aliphatic heterocycles. The van der Waals surface area contributed by atoms with Crippen LogP contribution in [0.15, 0.2) is 42.6 Å². The average molecular weight is 254 g/mol. The van der Waals surface area contributed by atoms with Crippen molar-refractivity contribution in [3.05, 3.63) is 48.3 Å². The summed E-state index contributed by atoms with van der Waals surface area (Å²) in [5, 5.41) is 9.13. The number of nitriles is 1. The minimum atomic E-state index is 0.537. The Hall–Kier alpha value is -2.21. The van der Waals surface area contributed by atoms with Gasteiger partial charge in [0.15, 0.2) is 5.69 Å². The lowest BCUT2D eigenvalue weighted by atomic mass is 10.1. The molecule has 0 radical (unpaired) electrons. The standard InChI is InChI=1S/C16H18N2O/c1-2-3-7-10-19-18-13-15(11-16(18)12-17)14-8-5-4-6-9-14/h4-6,8-9,11,13H,2-3,7,10H2,1H3. The molecule has 0 saturated heterocycles. The molecule has 0 unspecified atom stereocenters. The fourth-order valence-corrected chi connectivity index (χ4v) is 1.94. The van der Waals surface area contributed by atoms with Crippen molar-refractivity contribution in [1.29, 1.82) is 5.26 Å². The van der Waals surface area contributed by atoms with Gasteiger partial charge in [-0.15, -0.1) is 0 Å². The van der Waals surface area contributed by atoms with Crippen molar-refractivity contribution in [2.75, 3.05) is 6.61 Å². The Bertz CT molecular complexity index is 552. The molecule has 0 N–H and O–H groups in total. The molecule has 0 bridgehead atoms. The first-order valence-corrected chi connectivity index (χ1v) is 6.66. The largest absolute Gasteiger partial charge is 0.413 e. The van der Waals surface area contributed by atoms with Crippen LogP contribution >= 0.6 is 0 Å². The maximum Gasteiger partial charge on any atom is 0.157 e. The van der Waals surface area contributed by atoms with E-state index in [0.29, 0.717) is 12.3 Å². The quantitative estimate of drug-likeness (QED) is 0.738. The topological polar surface area (TPSA) is 38.0 Å². The fourth-order valence-electron chi connectivity index (χ4n) is 1.94. The molecule has 2 rings (SSSR count). The SMILES string of the molecule is CCCCCOn1cc(-c2ccccc2)cc1C#N. The van der Waals surface area contributed by atoms with Crippen molar-refractivity contribution in [3.63, 3.8) is 0 Å². The second-order valence-electron chi connectivity index (χ2n) is 4.46. The first-order chi connectivity index (χ1) is 9.35. The van der Waals surface area contributed by atoms with Crippen LogP contribution in [0.1, 0.15) is 31.9 Å². The molecule has 0 spiro atoms. The lowest BCUT2D eigenvalue weighted by Gasteiger charge is -2.06. The van der Waals surface area contributed by atoms with E-state index in [9.17, 15) is 0 Å². The minimum Gasteiger partial charge on any atom is -0.413 e. The molecule has 0 aliphatic carbocycles. The zero-order chi connectivity index (χ0) is 13.5. The van der Waals surface area contributed by atoms with Crippen LogP contribution < -0.4 is 4.84 Å². The van der Waals surface area contributed by atoms with Crippen LogP contribution in [0.4, 0.5) is 0 Å². The van der Waals surface area contributed by atoms with Crippen molar-refractivity contribution in [2.45, 2.75) is 26.2 Å². The summed E-state index contributed by atoms with van der Waals surface area (Å²) < 4.78 is 1.58. The van der Waals surface area contributed by atoms with Crippen LogP contribution in [0, 0.1) is 11.3 Å². The molecule has 0 saturated carbocycles. The summed E-state index contributed by atoms with van der Waals surface area (Å²) in [5.74, 6) is 0. The van der Waals surface area contributed by atoms with Gasteiger partial charge in [-0.1, -0.05) is 50.1 Å². The van der Waals surface area contributed by atoms with Gasteiger partial charge in [0.1, 0.15) is 12.7 Å². The molecule has 0 fully saturated rings. The van der Waals surface area contributed by atoms with Crippen LogP contribution in [-0.4, -0.2) is 11.3 Å². The third-order valence-corrected chi connectivity index (χ3v) is 2.99. The zero-order valence-electron chi connectivity index (χ0n) is 11.2. The van der Waals surface area contributed by atoms with Gasteiger partial charge in [0.25, 0.3) is 0 Å². The van der Waals surface area contributed by atoms with Crippen LogP contribution in [0.3, 0.4) is 0 Å². The Morgan fingerprint density at radius 3 is 2.63 bits per heavy atom. The Labute approximate surface area is 114 Å². The maximum atomic E-state index is 9.13. The van der Waals surface area contributed by atoms with E-state index in [1.807, 2.05) is 42.6 Å². The molecule has 1 aromatic heterocycles. The molecule has 0 atom stereocenters. The van der Waals surface area contributed by atoms with E-state index in [-0.39, 0.29) is 0 Å². The van der Waals surface area contributed by atoms with Gasteiger partial charge in [-0.05, 0) is 18.1 Å². The van der Waals surface area contributed by atoms with Gasteiger partial charge >= 0.3 is 0 Å². The van der Waals surface area contributed by atoms with E-state index < -0.39 is 0 Å². The van der Waals surface area contributed by atoms with Crippen molar-refractivity contribution in [1.82, 2.24) is 4.73 Å². The van der Waals surface area contributed by atoms with E-state index in [1.54, 1.807) is 4.73 Å². The Morgan fingerprint density at radius 2 is 1.95 bits per heavy atom. The summed E-state index contributed by atoms with van der Waals surface area (Å²) in [6, 6.07) is 14.0. The molecule has 3 nitrogen and oxygen atoms in total. The highest BCUT2D eigenvalue weighted by Crippen LogP contribution is 2.21.